The van der Waals surface area contributed by atoms with Crippen LogP contribution in [0.5, 0.6) is 0 Å². The molecule has 0 aliphatic rings. The molecule has 0 radical (unpaired) electrons. The van der Waals surface area contributed by atoms with Crippen LogP contribution in [-0.4, -0.2) is 47.7 Å². The van der Waals surface area contributed by atoms with E-state index in [-0.39, 0.29) is 40.8 Å². The number of aromatic nitrogens is 3. The van der Waals surface area contributed by atoms with Crippen molar-refractivity contribution >= 4 is 55.7 Å². The van der Waals surface area contributed by atoms with Gasteiger partial charge in [0.15, 0.2) is 15.5 Å². The molecule has 9 nitrogen and oxygen atoms in total. The normalized spacial score (nSPS) is 11.5. The summed E-state index contributed by atoms with van der Waals surface area (Å²) in [5.74, 6) is 0.0297. The summed E-state index contributed by atoms with van der Waals surface area (Å²) in [6, 6.07) is 12.6. The first-order valence-electron chi connectivity index (χ1n) is 10.4. The number of aliphatic hydroxyl groups is 1. The molecule has 2 aromatic heterocycles. The number of nitrogens with zero attached hydrogens (tertiary/aromatic N) is 3. The molecule has 35 heavy (non-hydrogen) atoms. The number of pyridine rings is 1. The zero-order valence-corrected chi connectivity index (χ0v) is 20.7. The summed E-state index contributed by atoms with van der Waals surface area (Å²) in [5, 5.41) is 13.0. The van der Waals surface area contributed by atoms with Gasteiger partial charge in [0.1, 0.15) is 7.11 Å². The molecular weight excluding hydrogens is 515 g/mol. The number of halogens is 2. The van der Waals surface area contributed by atoms with E-state index in [4.69, 9.17) is 33.1 Å². The molecule has 0 aliphatic heterocycles. The molecule has 2 heterocycles. The van der Waals surface area contributed by atoms with Crippen LogP contribution in [0.15, 0.2) is 64.4 Å². The molecule has 0 atom stereocenters. The summed E-state index contributed by atoms with van der Waals surface area (Å²) in [4.78, 5) is 27.3. The van der Waals surface area contributed by atoms with E-state index in [2.05, 4.69) is 15.3 Å². The number of benzene rings is 2. The number of rotatable bonds is 8. The third-order valence-electron chi connectivity index (χ3n) is 5.16. The Hall–Kier alpha value is -3.18. The molecular formula is C23H20Cl2N4O5S. The van der Waals surface area contributed by atoms with Crippen LogP contribution in [0.4, 0.5) is 11.6 Å². The lowest BCUT2D eigenvalue weighted by Crippen LogP contribution is -2.27. The molecule has 4 rings (SSSR count). The fourth-order valence-corrected chi connectivity index (χ4v) is 5.38. The third kappa shape index (κ3) is 5.10. The van der Waals surface area contributed by atoms with Gasteiger partial charge in [-0.1, -0.05) is 29.3 Å². The van der Waals surface area contributed by atoms with Gasteiger partial charge in [0, 0.05) is 29.4 Å². The van der Waals surface area contributed by atoms with Gasteiger partial charge in [-0.05, 0) is 48.9 Å². The third-order valence-corrected chi connectivity index (χ3v) is 7.60. The van der Waals surface area contributed by atoms with Crippen molar-refractivity contribution in [2.24, 2.45) is 0 Å². The lowest BCUT2D eigenvalue weighted by atomic mass is 10.1. The van der Waals surface area contributed by atoms with Crippen molar-refractivity contribution in [3.63, 3.8) is 0 Å². The van der Waals surface area contributed by atoms with Crippen molar-refractivity contribution in [2.75, 3.05) is 24.8 Å². The molecule has 0 amide bonds. The van der Waals surface area contributed by atoms with Crippen LogP contribution in [0.3, 0.4) is 0 Å². The van der Waals surface area contributed by atoms with Crippen molar-refractivity contribution in [2.45, 2.75) is 11.3 Å². The average Bonchev–Trinajstić information content (AvgIpc) is 2.83. The van der Waals surface area contributed by atoms with Gasteiger partial charge in [-0.15, -0.1) is 4.73 Å². The quantitative estimate of drug-likeness (QED) is 0.350. The molecule has 0 bridgehead atoms. The number of aliphatic hydroxyl groups excluding tert-OH is 1. The molecule has 2 aromatic carbocycles. The highest BCUT2D eigenvalue weighted by atomic mass is 35.5. The van der Waals surface area contributed by atoms with E-state index in [0.717, 1.165) is 4.73 Å². The molecule has 0 fully saturated rings. The predicted octanol–water partition coefficient (Wildman–Crippen LogP) is 3.72. The summed E-state index contributed by atoms with van der Waals surface area (Å²) >= 11 is 12.6. The predicted molar refractivity (Wildman–Crippen MR) is 135 cm³/mol. The Labute approximate surface area is 210 Å². The largest absolute Gasteiger partial charge is 0.412 e. The summed E-state index contributed by atoms with van der Waals surface area (Å²) in [5.41, 5.74) is 0.862. The van der Waals surface area contributed by atoms with Gasteiger partial charge in [-0.3, -0.25) is 4.79 Å². The minimum absolute atomic E-state index is 0.139. The van der Waals surface area contributed by atoms with Gasteiger partial charge >= 0.3 is 0 Å². The van der Waals surface area contributed by atoms with Gasteiger partial charge in [-0.2, -0.15) is 4.98 Å². The highest BCUT2D eigenvalue weighted by Gasteiger charge is 2.18. The Kier molecular flexibility index (Phi) is 7.27. The van der Waals surface area contributed by atoms with E-state index >= 15 is 0 Å². The highest BCUT2D eigenvalue weighted by Crippen LogP contribution is 2.33. The van der Waals surface area contributed by atoms with E-state index in [1.165, 1.54) is 25.4 Å². The van der Waals surface area contributed by atoms with Crippen molar-refractivity contribution < 1.29 is 18.4 Å². The molecule has 182 valence electrons. The highest BCUT2D eigenvalue weighted by molar-refractivity contribution is 7.91. The standard InChI is InChI=1S/C23H20Cl2N4O5S/c1-34-29-21-14(12-17(22(29)31)20-18(24)4-2-5-19(20)25)13-26-23(28-21)27-15-6-8-16(9-7-15)35(32,33)11-3-10-30/h2,4-9,12-13,30H,3,10-11H2,1H3,(H,26,27,28). The van der Waals surface area contributed by atoms with Crippen LogP contribution in [0.25, 0.3) is 22.2 Å². The van der Waals surface area contributed by atoms with Gasteiger partial charge in [0.05, 0.1) is 26.3 Å². The molecule has 0 aliphatic carbocycles. The monoisotopic (exact) mass is 534 g/mol. The summed E-state index contributed by atoms with van der Waals surface area (Å²) in [7, 11) is -2.14. The summed E-state index contributed by atoms with van der Waals surface area (Å²) < 4.78 is 25.5. The number of hydrogen-bond donors (Lipinski definition) is 2. The van der Waals surface area contributed by atoms with E-state index in [9.17, 15) is 13.2 Å². The number of sulfone groups is 1. The zero-order valence-electron chi connectivity index (χ0n) is 18.4. The molecule has 12 heteroatoms. The lowest BCUT2D eigenvalue weighted by Gasteiger charge is -2.13. The Morgan fingerprint density at radius 1 is 1.11 bits per heavy atom. The van der Waals surface area contributed by atoms with E-state index < -0.39 is 15.4 Å². The molecule has 4 aromatic rings. The van der Waals surface area contributed by atoms with Gasteiger partial charge in [0.25, 0.3) is 5.56 Å². The first-order valence-corrected chi connectivity index (χ1v) is 12.8. The smallest absolute Gasteiger partial charge is 0.293 e. The van der Waals surface area contributed by atoms with Crippen LogP contribution in [-0.2, 0) is 9.84 Å². The van der Waals surface area contributed by atoms with E-state index in [0.29, 0.717) is 26.7 Å². The minimum atomic E-state index is -3.48. The zero-order chi connectivity index (χ0) is 25.2. The molecule has 2 N–H and O–H groups in total. The maximum absolute atomic E-state index is 13.2. The Bertz CT molecular complexity index is 1540. The second-order valence-electron chi connectivity index (χ2n) is 7.45. The summed E-state index contributed by atoms with van der Waals surface area (Å²) in [6.45, 7) is -0.197. The van der Waals surface area contributed by atoms with Crippen LogP contribution in [0.1, 0.15) is 6.42 Å². The second kappa shape index (κ2) is 10.2. The molecule has 0 saturated heterocycles. The first kappa shape index (κ1) is 24.9. The van der Waals surface area contributed by atoms with Crippen molar-refractivity contribution in [3.8, 4) is 11.1 Å². The number of nitrogens with one attached hydrogen (secondary N) is 1. The molecule has 0 unspecified atom stereocenters. The topological polar surface area (TPSA) is 123 Å². The van der Waals surface area contributed by atoms with Crippen LogP contribution >= 0.6 is 23.2 Å². The second-order valence-corrected chi connectivity index (χ2v) is 10.4. The van der Waals surface area contributed by atoms with Crippen LogP contribution in [0.2, 0.25) is 10.0 Å². The van der Waals surface area contributed by atoms with Crippen molar-refractivity contribution in [1.29, 1.82) is 0 Å². The van der Waals surface area contributed by atoms with Crippen LogP contribution in [0, 0.1) is 0 Å². The maximum Gasteiger partial charge on any atom is 0.293 e. The van der Waals surface area contributed by atoms with Crippen molar-refractivity contribution in [1.82, 2.24) is 14.7 Å². The Balaban J connectivity index is 1.70. The van der Waals surface area contributed by atoms with Crippen LogP contribution < -0.4 is 15.7 Å². The SMILES string of the molecule is COn1c(=O)c(-c2c(Cl)cccc2Cl)cc2cnc(Nc3ccc(S(=O)(=O)CCCO)cc3)nc21. The van der Waals surface area contributed by atoms with Gasteiger partial charge in [0.2, 0.25) is 5.95 Å². The molecule has 0 saturated carbocycles. The van der Waals surface area contributed by atoms with E-state index in [1.807, 2.05) is 0 Å². The maximum atomic E-state index is 13.2. The number of anilines is 2. The molecule has 0 spiro atoms. The lowest BCUT2D eigenvalue weighted by molar-refractivity contribution is 0.168. The fraction of sp³-hybridized carbons (Fsp3) is 0.174. The minimum Gasteiger partial charge on any atom is -0.412 e. The van der Waals surface area contributed by atoms with Gasteiger partial charge in [-0.25, -0.2) is 13.4 Å². The van der Waals surface area contributed by atoms with Crippen molar-refractivity contribution in [3.05, 3.63) is 75.1 Å². The Morgan fingerprint density at radius 3 is 2.43 bits per heavy atom. The summed E-state index contributed by atoms with van der Waals surface area (Å²) in [6.07, 6.45) is 1.68. The average molecular weight is 535 g/mol. The fourth-order valence-electron chi connectivity index (χ4n) is 3.48. The van der Waals surface area contributed by atoms with E-state index in [1.54, 1.807) is 36.4 Å². The number of fused-ring (bicyclic) bond motifs is 1. The first-order chi connectivity index (χ1) is 16.7. The Morgan fingerprint density at radius 2 is 1.80 bits per heavy atom. The number of hydrogen-bond acceptors (Lipinski definition) is 8. The van der Waals surface area contributed by atoms with Gasteiger partial charge < -0.3 is 15.3 Å².